The summed E-state index contributed by atoms with van der Waals surface area (Å²) >= 11 is 0. The van der Waals surface area contributed by atoms with Crippen molar-refractivity contribution in [2.24, 2.45) is 0 Å². The van der Waals surface area contributed by atoms with Crippen LogP contribution in [0.15, 0.2) is 60.0 Å². The second kappa shape index (κ2) is 7.74. The van der Waals surface area contributed by atoms with Crippen LogP contribution in [0, 0.1) is 11.3 Å². The molecule has 0 aliphatic carbocycles. The van der Waals surface area contributed by atoms with Gasteiger partial charge in [-0.15, -0.1) is 0 Å². The molecular weight excluding hydrogens is 362 g/mol. The van der Waals surface area contributed by atoms with Gasteiger partial charge in [0.05, 0.1) is 23.1 Å². The summed E-state index contributed by atoms with van der Waals surface area (Å²) in [5.41, 5.74) is 2.29. The molecule has 1 saturated heterocycles. The van der Waals surface area contributed by atoms with Gasteiger partial charge in [-0.1, -0.05) is 36.9 Å². The summed E-state index contributed by atoms with van der Waals surface area (Å²) in [5.74, 6) is -0.239. The van der Waals surface area contributed by atoms with E-state index in [4.69, 9.17) is 5.26 Å². The Hall–Kier alpha value is -2.95. The van der Waals surface area contributed by atoms with Crippen molar-refractivity contribution in [2.75, 3.05) is 19.6 Å². The van der Waals surface area contributed by atoms with Crippen LogP contribution in [0.5, 0.6) is 0 Å². The maximum Gasteiger partial charge on any atom is 0.243 e. The van der Waals surface area contributed by atoms with Crippen molar-refractivity contribution >= 4 is 22.0 Å². The number of piperazine rings is 1. The minimum atomic E-state index is -3.71. The summed E-state index contributed by atoms with van der Waals surface area (Å²) < 4.78 is 26.7. The van der Waals surface area contributed by atoms with Gasteiger partial charge >= 0.3 is 0 Å². The standard InChI is InChI=1S/C20H19N3O3S/c1-2-16-7-9-19(10-8-16)27(25,26)23-12-11-22(20(24)15-23)14-18-5-3-17(13-21)4-6-18/h2-10H,1,11-12,14-15H2. The first-order valence-corrected chi connectivity index (χ1v) is 9.87. The molecule has 0 atom stereocenters. The molecule has 6 nitrogen and oxygen atoms in total. The molecule has 0 saturated carbocycles. The van der Waals surface area contributed by atoms with Gasteiger partial charge in [-0.05, 0) is 35.4 Å². The van der Waals surface area contributed by atoms with Crippen LogP contribution in [-0.4, -0.2) is 43.2 Å². The summed E-state index contributed by atoms with van der Waals surface area (Å²) in [6.45, 7) is 4.43. The summed E-state index contributed by atoms with van der Waals surface area (Å²) in [4.78, 5) is 14.3. The van der Waals surface area contributed by atoms with Gasteiger partial charge in [0.2, 0.25) is 15.9 Å². The summed E-state index contributed by atoms with van der Waals surface area (Å²) in [6.07, 6.45) is 1.64. The van der Waals surface area contributed by atoms with E-state index in [0.29, 0.717) is 18.7 Å². The van der Waals surface area contributed by atoms with E-state index in [1.165, 1.54) is 16.4 Å². The van der Waals surface area contributed by atoms with E-state index < -0.39 is 10.0 Å². The molecule has 0 radical (unpaired) electrons. The van der Waals surface area contributed by atoms with Gasteiger partial charge in [0.1, 0.15) is 0 Å². The number of amides is 1. The van der Waals surface area contributed by atoms with E-state index in [2.05, 4.69) is 12.6 Å². The Bertz CT molecular complexity index is 990. The lowest BCUT2D eigenvalue weighted by Gasteiger charge is -2.33. The lowest BCUT2D eigenvalue weighted by atomic mass is 10.1. The number of carbonyl (C=O) groups is 1. The van der Waals surface area contributed by atoms with Gasteiger partial charge < -0.3 is 4.90 Å². The van der Waals surface area contributed by atoms with Gasteiger partial charge in [0, 0.05) is 19.6 Å². The van der Waals surface area contributed by atoms with E-state index in [-0.39, 0.29) is 23.9 Å². The van der Waals surface area contributed by atoms with Crippen molar-refractivity contribution in [1.29, 1.82) is 5.26 Å². The van der Waals surface area contributed by atoms with Crippen LogP contribution in [0.3, 0.4) is 0 Å². The molecule has 3 rings (SSSR count). The van der Waals surface area contributed by atoms with Gasteiger partial charge in [-0.25, -0.2) is 8.42 Å². The largest absolute Gasteiger partial charge is 0.336 e. The van der Waals surface area contributed by atoms with Crippen molar-refractivity contribution in [3.8, 4) is 6.07 Å². The molecule has 138 valence electrons. The fraction of sp³-hybridized carbons (Fsp3) is 0.200. The van der Waals surface area contributed by atoms with E-state index in [1.807, 2.05) is 0 Å². The molecule has 2 aromatic carbocycles. The van der Waals surface area contributed by atoms with E-state index >= 15 is 0 Å². The third-order valence-electron chi connectivity index (χ3n) is 4.49. The highest BCUT2D eigenvalue weighted by molar-refractivity contribution is 7.89. The molecule has 0 unspecified atom stereocenters. The lowest BCUT2D eigenvalue weighted by molar-refractivity contribution is -0.134. The Labute approximate surface area is 159 Å². The summed E-state index contributed by atoms with van der Waals surface area (Å²) in [5, 5.41) is 8.84. The van der Waals surface area contributed by atoms with Crippen LogP contribution in [0.1, 0.15) is 16.7 Å². The molecule has 0 N–H and O–H groups in total. The zero-order valence-corrected chi connectivity index (χ0v) is 15.5. The average molecular weight is 381 g/mol. The van der Waals surface area contributed by atoms with E-state index in [9.17, 15) is 13.2 Å². The number of sulfonamides is 1. The Morgan fingerprint density at radius 1 is 1.07 bits per heavy atom. The minimum Gasteiger partial charge on any atom is -0.336 e. The van der Waals surface area contributed by atoms with Crippen LogP contribution in [0.2, 0.25) is 0 Å². The normalized spacial score (nSPS) is 15.4. The van der Waals surface area contributed by atoms with Crippen LogP contribution < -0.4 is 0 Å². The zero-order valence-electron chi connectivity index (χ0n) is 14.7. The maximum absolute atomic E-state index is 12.8. The number of rotatable bonds is 5. The summed E-state index contributed by atoms with van der Waals surface area (Å²) in [7, 11) is -3.71. The molecule has 27 heavy (non-hydrogen) atoms. The van der Waals surface area contributed by atoms with Gasteiger partial charge in [0.15, 0.2) is 0 Å². The molecule has 1 fully saturated rings. The van der Waals surface area contributed by atoms with Crippen LogP contribution in [0.4, 0.5) is 0 Å². The van der Waals surface area contributed by atoms with Gasteiger partial charge in [-0.3, -0.25) is 4.79 Å². The SMILES string of the molecule is C=Cc1ccc(S(=O)(=O)N2CCN(Cc3ccc(C#N)cc3)C(=O)C2)cc1. The molecule has 7 heteroatoms. The molecular formula is C20H19N3O3S. The average Bonchev–Trinajstić information content (AvgIpc) is 2.70. The minimum absolute atomic E-state index is 0.168. The Morgan fingerprint density at radius 3 is 2.30 bits per heavy atom. The second-order valence-corrected chi connectivity index (χ2v) is 8.17. The van der Waals surface area contributed by atoms with Gasteiger partial charge in [0.25, 0.3) is 0 Å². The molecule has 0 aromatic heterocycles. The molecule has 0 bridgehead atoms. The number of hydrogen-bond acceptors (Lipinski definition) is 4. The highest BCUT2D eigenvalue weighted by Gasteiger charge is 2.32. The Kier molecular flexibility index (Phi) is 5.40. The molecule has 1 amide bonds. The van der Waals surface area contributed by atoms with Crippen LogP contribution >= 0.6 is 0 Å². The lowest BCUT2D eigenvalue weighted by Crippen LogP contribution is -2.51. The quantitative estimate of drug-likeness (QED) is 0.795. The fourth-order valence-electron chi connectivity index (χ4n) is 2.89. The predicted molar refractivity (Wildman–Crippen MR) is 102 cm³/mol. The maximum atomic E-state index is 12.8. The number of hydrogen-bond donors (Lipinski definition) is 0. The smallest absolute Gasteiger partial charge is 0.243 e. The first kappa shape index (κ1) is 18.8. The van der Waals surface area contributed by atoms with Crippen molar-refractivity contribution in [3.05, 3.63) is 71.8 Å². The molecule has 0 spiro atoms. The number of nitrogens with zero attached hydrogens (tertiary/aromatic N) is 3. The monoisotopic (exact) mass is 381 g/mol. The third-order valence-corrected chi connectivity index (χ3v) is 6.35. The first-order valence-electron chi connectivity index (χ1n) is 8.43. The molecule has 2 aromatic rings. The fourth-order valence-corrected chi connectivity index (χ4v) is 4.27. The first-order chi connectivity index (χ1) is 12.9. The number of benzene rings is 2. The van der Waals surface area contributed by atoms with E-state index in [1.54, 1.807) is 47.4 Å². The second-order valence-electron chi connectivity index (χ2n) is 6.24. The number of carbonyl (C=O) groups excluding carboxylic acids is 1. The zero-order chi connectivity index (χ0) is 19.4. The highest BCUT2D eigenvalue weighted by Crippen LogP contribution is 2.20. The predicted octanol–water partition coefficient (Wildman–Crippen LogP) is 2.23. The molecule has 1 heterocycles. The van der Waals surface area contributed by atoms with Crippen molar-refractivity contribution in [3.63, 3.8) is 0 Å². The van der Waals surface area contributed by atoms with Crippen molar-refractivity contribution < 1.29 is 13.2 Å². The van der Waals surface area contributed by atoms with Gasteiger partial charge in [-0.2, -0.15) is 9.57 Å². The van der Waals surface area contributed by atoms with Crippen LogP contribution in [-0.2, 0) is 21.4 Å². The van der Waals surface area contributed by atoms with E-state index in [0.717, 1.165) is 11.1 Å². The highest BCUT2D eigenvalue weighted by atomic mass is 32.2. The Morgan fingerprint density at radius 2 is 1.74 bits per heavy atom. The molecule has 1 aliphatic heterocycles. The Balaban J connectivity index is 1.68. The third kappa shape index (κ3) is 4.08. The molecule has 1 aliphatic rings. The topological polar surface area (TPSA) is 81.5 Å². The van der Waals surface area contributed by atoms with Crippen LogP contribution in [0.25, 0.3) is 6.08 Å². The van der Waals surface area contributed by atoms with Crippen molar-refractivity contribution in [1.82, 2.24) is 9.21 Å². The number of nitriles is 1. The summed E-state index contributed by atoms with van der Waals surface area (Å²) in [6, 6.07) is 15.5. The van der Waals surface area contributed by atoms with Crippen molar-refractivity contribution in [2.45, 2.75) is 11.4 Å².